The number of rotatable bonds is 6. The van der Waals surface area contributed by atoms with E-state index < -0.39 is 0 Å². The van der Waals surface area contributed by atoms with E-state index in [-0.39, 0.29) is 5.91 Å². The Bertz CT molecular complexity index is 488. The van der Waals surface area contributed by atoms with Crippen molar-refractivity contribution in [2.45, 2.75) is 0 Å². The summed E-state index contributed by atoms with van der Waals surface area (Å²) in [6.07, 6.45) is 1.71. The summed E-state index contributed by atoms with van der Waals surface area (Å²) in [5.74, 6) is 0.567. The summed E-state index contributed by atoms with van der Waals surface area (Å²) < 4.78 is 10.7. The second-order valence-electron chi connectivity index (χ2n) is 4.49. The number of carbonyl (C=O) groups is 1. The number of fused-ring (bicyclic) bond motifs is 1. The number of nitrogens with zero attached hydrogens (tertiary/aromatic N) is 1. The average molecular weight is 276 g/mol. The van der Waals surface area contributed by atoms with Crippen LogP contribution in [-0.2, 0) is 4.74 Å². The van der Waals surface area contributed by atoms with Gasteiger partial charge in [0, 0.05) is 26.7 Å². The molecule has 1 aromatic carbocycles. The van der Waals surface area contributed by atoms with Crippen molar-refractivity contribution < 1.29 is 14.3 Å². The van der Waals surface area contributed by atoms with Crippen LogP contribution in [0.15, 0.2) is 30.9 Å². The molecule has 0 saturated heterocycles. The minimum Gasteiger partial charge on any atom is -0.489 e. The molecule has 0 atom stereocenters. The van der Waals surface area contributed by atoms with E-state index in [1.807, 2.05) is 12.1 Å². The molecule has 1 aliphatic heterocycles. The van der Waals surface area contributed by atoms with Gasteiger partial charge in [-0.25, -0.2) is 0 Å². The fourth-order valence-electron chi connectivity index (χ4n) is 2.14. The number of para-hydroxylation sites is 1. The zero-order valence-electron chi connectivity index (χ0n) is 11.7. The summed E-state index contributed by atoms with van der Waals surface area (Å²) in [6.45, 7) is 6.52. The zero-order chi connectivity index (χ0) is 14.4. The predicted octanol–water partition coefficient (Wildman–Crippen LogP) is 1.77. The number of hydrogen-bond acceptors (Lipinski definition) is 4. The fourth-order valence-corrected chi connectivity index (χ4v) is 2.14. The Balaban J connectivity index is 2.24. The minimum atomic E-state index is -0.0671. The van der Waals surface area contributed by atoms with Gasteiger partial charge in [0.05, 0.1) is 17.9 Å². The van der Waals surface area contributed by atoms with Crippen LogP contribution in [0.2, 0.25) is 0 Å². The van der Waals surface area contributed by atoms with E-state index in [1.165, 1.54) is 0 Å². The first-order valence-electron chi connectivity index (χ1n) is 6.66. The van der Waals surface area contributed by atoms with Gasteiger partial charge >= 0.3 is 0 Å². The van der Waals surface area contributed by atoms with Gasteiger partial charge < -0.3 is 19.7 Å². The molecule has 1 aromatic rings. The standard InChI is InChI=1S/C15H20N2O3/c1-3-8-17(9-11-19-2)15(18)12-5-4-6-13-14(12)20-10-7-16-13/h3-6,16H,1,7-11H2,2H3. The van der Waals surface area contributed by atoms with Gasteiger partial charge in [-0.1, -0.05) is 12.1 Å². The summed E-state index contributed by atoms with van der Waals surface area (Å²) >= 11 is 0. The number of benzene rings is 1. The molecule has 0 fully saturated rings. The first-order valence-corrected chi connectivity index (χ1v) is 6.66. The molecule has 1 heterocycles. The largest absolute Gasteiger partial charge is 0.489 e. The fraction of sp³-hybridized carbons (Fsp3) is 0.400. The molecule has 5 heteroatoms. The Morgan fingerprint density at radius 3 is 3.20 bits per heavy atom. The van der Waals surface area contributed by atoms with Crippen LogP contribution in [0.5, 0.6) is 5.75 Å². The van der Waals surface area contributed by atoms with Crippen LogP contribution in [0.1, 0.15) is 10.4 Å². The van der Waals surface area contributed by atoms with Crippen LogP contribution in [0.3, 0.4) is 0 Å². The second-order valence-corrected chi connectivity index (χ2v) is 4.49. The maximum absolute atomic E-state index is 12.6. The molecule has 0 bridgehead atoms. The van der Waals surface area contributed by atoms with Crippen molar-refractivity contribution in [2.24, 2.45) is 0 Å². The SMILES string of the molecule is C=CCN(CCOC)C(=O)c1cccc2c1OCCN2. The molecule has 0 aromatic heterocycles. The Morgan fingerprint density at radius 1 is 1.60 bits per heavy atom. The molecule has 1 amide bonds. The van der Waals surface area contributed by atoms with Crippen LogP contribution in [0.4, 0.5) is 5.69 Å². The number of methoxy groups -OCH3 is 1. The predicted molar refractivity (Wildman–Crippen MR) is 78.4 cm³/mol. The summed E-state index contributed by atoms with van der Waals surface area (Å²) in [4.78, 5) is 14.3. The van der Waals surface area contributed by atoms with Crippen molar-refractivity contribution in [1.82, 2.24) is 4.90 Å². The topological polar surface area (TPSA) is 50.8 Å². The van der Waals surface area contributed by atoms with Crippen molar-refractivity contribution in [3.05, 3.63) is 36.4 Å². The second kappa shape index (κ2) is 6.96. The molecule has 0 radical (unpaired) electrons. The summed E-state index contributed by atoms with van der Waals surface area (Å²) in [5.41, 5.74) is 1.44. The van der Waals surface area contributed by atoms with E-state index in [0.717, 1.165) is 12.2 Å². The van der Waals surface area contributed by atoms with Crippen molar-refractivity contribution in [3.8, 4) is 5.75 Å². The van der Waals surface area contributed by atoms with Gasteiger partial charge in [0.1, 0.15) is 6.61 Å². The first-order chi connectivity index (χ1) is 9.77. The Labute approximate surface area is 119 Å². The van der Waals surface area contributed by atoms with Gasteiger partial charge in [0.25, 0.3) is 5.91 Å². The van der Waals surface area contributed by atoms with E-state index >= 15 is 0 Å². The molecule has 0 unspecified atom stereocenters. The molecule has 2 rings (SSSR count). The molecule has 5 nitrogen and oxygen atoms in total. The lowest BCUT2D eigenvalue weighted by Crippen LogP contribution is -2.34. The van der Waals surface area contributed by atoms with Gasteiger partial charge in [-0.15, -0.1) is 6.58 Å². The number of hydrogen-bond donors (Lipinski definition) is 1. The quantitative estimate of drug-likeness (QED) is 0.805. The highest BCUT2D eigenvalue weighted by Gasteiger charge is 2.22. The van der Waals surface area contributed by atoms with Crippen molar-refractivity contribution in [1.29, 1.82) is 0 Å². The Hall–Kier alpha value is -2.01. The van der Waals surface area contributed by atoms with Crippen molar-refractivity contribution in [2.75, 3.05) is 45.3 Å². The van der Waals surface area contributed by atoms with Crippen LogP contribution in [0, 0.1) is 0 Å². The summed E-state index contributed by atoms with van der Waals surface area (Å²) in [5, 5.41) is 3.23. The van der Waals surface area contributed by atoms with Crippen LogP contribution >= 0.6 is 0 Å². The lowest BCUT2D eigenvalue weighted by molar-refractivity contribution is 0.0714. The van der Waals surface area contributed by atoms with Gasteiger partial charge in [-0.05, 0) is 12.1 Å². The molecular weight excluding hydrogens is 256 g/mol. The molecule has 108 valence electrons. The maximum Gasteiger partial charge on any atom is 0.258 e. The van der Waals surface area contributed by atoms with Gasteiger partial charge in [0.15, 0.2) is 5.75 Å². The third kappa shape index (κ3) is 3.11. The number of amides is 1. The van der Waals surface area contributed by atoms with E-state index in [0.29, 0.717) is 37.6 Å². The highest BCUT2D eigenvalue weighted by Crippen LogP contribution is 2.31. The van der Waals surface area contributed by atoms with Crippen LogP contribution in [-0.4, -0.2) is 50.8 Å². The summed E-state index contributed by atoms with van der Waals surface area (Å²) in [7, 11) is 1.62. The molecule has 1 N–H and O–H groups in total. The van der Waals surface area contributed by atoms with Crippen molar-refractivity contribution >= 4 is 11.6 Å². The average Bonchev–Trinajstić information content (AvgIpc) is 2.50. The number of nitrogens with one attached hydrogen (secondary N) is 1. The van der Waals surface area contributed by atoms with E-state index in [4.69, 9.17) is 9.47 Å². The third-order valence-corrected chi connectivity index (χ3v) is 3.11. The lowest BCUT2D eigenvalue weighted by atomic mass is 10.1. The Morgan fingerprint density at radius 2 is 2.45 bits per heavy atom. The maximum atomic E-state index is 12.6. The van der Waals surface area contributed by atoms with Crippen LogP contribution in [0.25, 0.3) is 0 Å². The highest BCUT2D eigenvalue weighted by molar-refractivity contribution is 5.99. The minimum absolute atomic E-state index is 0.0671. The Kier molecular flexibility index (Phi) is 5.01. The first kappa shape index (κ1) is 14.4. The highest BCUT2D eigenvalue weighted by atomic mass is 16.5. The lowest BCUT2D eigenvalue weighted by Gasteiger charge is -2.25. The normalized spacial score (nSPS) is 12.8. The van der Waals surface area contributed by atoms with Gasteiger partial charge in [-0.2, -0.15) is 0 Å². The van der Waals surface area contributed by atoms with Crippen LogP contribution < -0.4 is 10.1 Å². The molecule has 20 heavy (non-hydrogen) atoms. The zero-order valence-corrected chi connectivity index (χ0v) is 11.7. The molecule has 1 aliphatic rings. The number of anilines is 1. The monoisotopic (exact) mass is 276 g/mol. The van der Waals surface area contributed by atoms with E-state index in [2.05, 4.69) is 11.9 Å². The number of carbonyl (C=O) groups excluding carboxylic acids is 1. The summed E-state index contributed by atoms with van der Waals surface area (Å²) in [6, 6.07) is 5.56. The van der Waals surface area contributed by atoms with Gasteiger partial charge in [-0.3, -0.25) is 4.79 Å². The smallest absolute Gasteiger partial charge is 0.258 e. The van der Waals surface area contributed by atoms with Gasteiger partial charge in [0.2, 0.25) is 0 Å². The molecule has 0 aliphatic carbocycles. The molecule has 0 spiro atoms. The van der Waals surface area contributed by atoms with E-state index in [9.17, 15) is 4.79 Å². The molecule has 0 saturated carbocycles. The van der Waals surface area contributed by atoms with Crippen molar-refractivity contribution in [3.63, 3.8) is 0 Å². The third-order valence-electron chi connectivity index (χ3n) is 3.11. The molecular formula is C15H20N2O3. The number of ether oxygens (including phenoxy) is 2. The van der Waals surface area contributed by atoms with E-state index in [1.54, 1.807) is 24.2 Å².